The summed E-state index contributed by atoms with van der Waals surface area (Å²) in [7, 11) is 0. The van der Waals surface area contributed by atoms with Crippen LogP contribution in [0.1, 0.15) is 43.9 Å². The maximum atomic E-state index is 5.97. The largest absolute Gasteiger partial charge is 0.380 e. The number of hydrogen-bond acceptors (Lipinski definition) is 3. The summed E-state index contributed by atoms with van der Waals surface area (Å²) >= 11 is 0. The van der Waals surface area contributed by atoms with E-state index in [4.69, 9.17) is 10.3 Å². The molecule has 96 valence electrons. The smallest absolute Gasteiger partial charge is 0.175 e. The molecule has 1 aromatic heterocycles. The third kappa shape index (κ3) is 2.26. The van der Waals surface area contributed by atoms with Crippen molar-refractivity contribution in [1.29, 1.82) is 0 Å². The average Bonchev–Trinajstić information content (AvgIpc) is 2.72. The molecule has 3 heteroatoms. The lowest BCUT2D eigenvalue weighted by atomic mass is 9.93. The van der Waals surface area contributed by atoms with Crippen molar-refractivity contribution in [2.45, 2.75) is 39.5 Å². The molecule has 18 heavy (non-hydrogen) atoms. The van der Waals surface area contributed by atoms with Gasteiger partial charge in [0.15, 0.2) is 5.82 Å². The molecule has 1 aromatic carbocycles. The van der Waals surface area contributed by atoms with Crippen LogP contribution >= 0.6 is 0 Å². The van der Waals surface area contributed by atoms with Crippen LogP contribution in [-0.4, -0.2) is 5.16 Å². The summed E-state index contributed by atoms with van der Waals surface area (Å²) < 4.78 is 5.44. The van der Waals surface area contributed by atoms with Crippen molar-refractivity contribution >= 4 is 5.82 Å². The Labute approximate surface area is 108 Å². The summed E-state index contributed by atoms with van der Waals surface area (Å²) in [6.07, 6.45) is 2.20. The fraction of sp³-hybridized carbons (Fsp3) is 0.400. The molecule has 0 aliphatic rings. The van der Waals surface area contributed by atoms with Gasteiger partial charge in [-0.05, 0) is 24.5 Å². The van der Waals surface area contributed by atoms with Gasteiger partial charge in [-0.3, -0.25) is 0 Å². The van der Waals surface area contributed by atoms with Gasteiger partial charge in [0.25, 0.3) is 0 Å². The molecule has 2 aromatic rings. The highest BCUT2D eigenvalue weighted by molar-refractivity contribution is 5.78. The molecule has 0 spiro atoms. The maximum absolute atomic E-state index is 5.97. The second kappa shape index (κ2) is 5.25. The third-order valence-corrected chi connectivity index (χ3v) is 3.33. The second-order valence-corrected chi connectivity index (χ2v) is 4.81. The van der Waals surface area contributed by atoms with E-state index in [1.54, 1.807) is 0 Å². The van der Waals surface area contributed by atoms with Gasteiger partial charge in [0, 0.05) is 5.92 Å². The molecule has 0 amide bonds. The first-order chi connectivity index (χ1) is 8.65. The van der Waals surface area contributed by atoms with E-state index in [2.05, 4.69) is 38.1 Å². The molecule has 0 saturated carbocycles. The molecule has 0 bridgehead atoms. The minimum absolute atomic E-state index is 0.342. The van der Waals surface area contributed by atoms with Gasteiger partial charge in [0.05, 0.1) is 5.56 Å². The van der Waals surface area contributed by atoms with Crippen molar-refractivity contribution in [3.63, 3.8) is 0 Å². The summed E-state index contributed by atoms with van der Waals surface area (Å²) in [5, 5.41) is 3.94. The highest BCUT2D eigenvalue weighted by Gasteiger charge is 2.21. The van der Waals surface area contributed by atoms with Crippen LogP contribution in [0.5, 0.6) is 0 Å². The SMILES string of the molecule is CCCC(C)c1onc(N)c1-c1ccccc1C. The van der Waals surface area contributed by atoms with Crippen LogP contribution in [0.4, 0.5) is 5.82 Å². The van der Waals surface area contributed by atoms with Gasteiger partial charge in [0.2, 0.25) is 0 Å². The lowest BCUT2D eigenvalue weighted by Crippen LogP contribution is -1.96. The first kappa shape index (κ1) is 12.7. The van der Waals surface area contributed by atoms with E-state index >= 15 is 0 Å². The Hall–Kier alpha value is -1.77. The number of anilines is 1. The van der Waals surface area contributed by atoms with Crippen LogP contribution in [0.2, 0.25) is 0 Å². The fourth-order valence-electron chi connectivity index (χ4n) is 2.34. The minimum Gasteiger partial charge on any atom is -0.380 e. The summed E-state index contributed by atoms with van der Waals surface area (Å²) in [6, 6.07) is 8.19. The predicted octanol–water partition coefficient (Wildman–Crippen LogP) is 4.14. The maximum Gasteiger partial charge on any atom is 0.175 e. The Balaban J connectivity index is 2.51. The Morgan fingerprint density at radius 3 is 2.72 bits per heavy atom. The number of hydrogen-bond donors (Lipinski definition) is 1. The van der Waals surface area contributed by atoms with Crippen LogP contribution in [0.25, 0.3) is 11.1 Å². The lowest BCUT2D eigenvalue weighted by molar-refractivity contribution is 0.362. The van der Waals surface area contributed by atoms with E-state index in [9.17, 15) is 0 Å². The molecular formula is C15H20N2O. The third-order valence-electron chi connectivity index (χ3n) is 3.33. The Morgan fingerprint density at radius 2 is 2.06 bits per heavy atom. The number of benzene rings is 1. The number of nitrogens with two attached hydrogens (primary N) is 1. The van der Waals surface area contributed by atoms with Crippen molar-refractivity contribution in [3.8, 4) is 11.1 Å². The minimum atomic E-state index is 0.342. The van der Waals surface area contributed by atoms with Gasteiger partial charge in [-0.1, -0.05) is 49.7 Å². The van der Waals surface area contributed by atoms with Gasteiger partial charge >= 0.3 is 0 Å². The topological polar surface area (TPSA) is 52.0 Å². The molecule has 3 nitrogen and oxygen atoms in total. The molecule has 0 fully saturated rings. The molecule has 2 rings (SSSR count). The van der Waals surface area contributed by atoms with Gasteiger partial charge in [-0.2, -0.15) is 0 Å². The standard InChI is InChI=1S/C15H20N2O/c1-4-7-11(3)14-13(15(16)17-18-14)12-9-6-5-8-10(12)2/h5-6,8-9,11H,4,7H2,1-3H3,(H2,16,17). The number of aryl methyl sites for hydroxylation is 1. The highest BCUT2D eigenvalue weighted by atomic mass is 16.5. The van der Waals surface area contributed by atoms with E-state index in [0.717, 1.165) is 29.7 Å². The lowest BCUT2D eigenvalue weighted by Gasteiger charge is -2.10. The zero-order valence-corrected chi connectivity index (χ0v) is 11.2. The van der Waals surface area contributed by atoms with Crippen molar-refractivity contribution in [1.82, 2.24) is 5.16 Å². The molecule has 1 unspecified atom stereocenters. The van der Waals surface area contributed by atoms with E-state index < -0.39 is 0 Å². The van der Waals surface area contributed by atoms with Crippen LogP contribution in [-0.2, 0) is 0 Å². The Morgan fingerprint density at radius 1 is 1.33 bits per heavy atom. The molecule has 2 N–H and O–H groups in total. The van der Waals surface area contributed by atoms with Crippen LogP contribution in [0.3, 0.4) is 0 Å². The van der Waals surface area contributed by atoms with E-state index in [1.807, 2.05) is 12.1 Å². The average molecular weight is 244 g/mol. The summed E-state index contributed by atoms with van der Waals surface area (Å²) in [4.78, 5) is 0. The van der Waals surface area contributed by atoms with E-state index in [1.165, 1.54) is 5.56 Å². The van der Waals surface area contributed by atoms with Crippen LogP contribution in [0.15, 0.2) is 28.8 Å². The van der Waals surface area contributed by atoms with Crippen LogP contribution in [0, 0.1) is 6.92 Å². The summed E-state index contributed by atoms with van der Waals surface area (Å²) in [5.74, 6) is 1.74. The summed E-state index contributed by atoms with van der Waals surface area (Å²) in [6.45, 7) is 6.41. The number of aromatic nitrogens is 1. The van der Waals surface area contributed by atoms with Crippen molar-refractivity contribution in [2.24, 2.45) is 0 Å². The number of rotatable bonds is 4. The second-order valence-electron chi connectivity index (χ2n) is 4.81. The normalized spacial score (nSPS) is 12.6. The monoisotopic (exact) mass is 244 g/mol. The zero-order chi connectivity index (χ0) is 13.1. The highest BCUT2D eigenvalue weighted by Crippen LogP contribution is 2.37. The molecule has 1 heterocycles. The van der Waals surface area contributed by atoms with Crippen molar-refractivity contribution in [3.05, 3.63) is 35.6 Å². The Kier molecular flexibility index (Phi) is 3.70. The van der Waals surface area contributed by atoms with Crippen LogP contribution < -0.4 is 5.73 Å². The molecule has 1 atom stereocenters. The van der Waals surface area contributed by atoms with Gasteiger partial charge < -0.3 is 10.3 Å². The zero-order valence-electron chi connectivity index (χ0n) is 11.2. The van der Waals surface area contributed by atoms with E-state index in [0.29, 0.717) is 11.7 Å². The molecule has 0 saturated heterocycles. The molecule has 0 aliphatic heterocycles. The summed E-state index contributed by atoms with van der Waals surface area (Å²) in [5.41, 5.74) is 9.25. The van der Waals surface area contributed by atoms with Gasteiger partial charge in [0.1, 0.15) is 5.76 Å². The Bertz CT molecular complexity index is 531. The van der Waals surface area contributed by atoms with Crippen molar-refractivity contribution in [2.75, 3.05) is 5.73 Å². The first-order valence-corrected chi connectivity index (χ1v) is 6.46. The van der Waals surface area contributed by atoms with E-state index in [-0.39, 0.29) is 0 Å². The molecule has 0 radical (unpaired) electrons. The van der Waals surface area contributed by atoms with Gasteiger partial charge in [-0.25, -0.2) is 0 Å². The molecular weight excluding hydrogens is 224 g/mol. The van der Waals surface area contributed by atoms with Gasteiger partial charge in [-0.15, -0.1) is 0 Å². The van der Waals surface area contributed by atoms with Crippen molar-refractivity contribution < 1.29 is 4.52 Å². The quantitative estimate of drug-likeness (QED) is 0.879. The first-order valence-electron chi connectivity index (χ1n) is 6.46. The number of nitrogens with zero attached hydrogens (tertiary/aromatic N) is 1. The predicted molar refractivity (Wildman–Crippen MR) is 74.4 cm³/mol. The number of nitrogen functional groups attached to an aromatic ring is 1. The fourth-order valence-corrected chi connectivity index (χ4v) is 2.34. The molecule has 0 aliphatic carbocycles.